The van der Waals surface area contributed by atoms with Crippen molar-refractivity contribution >= 4 is 17.3 Å². The molecule has 0 aliphatic heterocycles. The van der Waals surface area contributed by atoms with Crippen molar-refractivity contribution in [2.24, 2.45) is 0 Å². The predicted molar refractivity (Wildman–Crippen MR) is 84.1 cm³/mol. The van der Waals surface area contributed by atoms with Gasteiger partial charge in [-0.15, -0.1) is 0 Å². The van der Waals surface area contributed by atoms with E-state index in [1.54, 1.807) is 0 Å². The number of halogens is 1. The molecule has 3 heteroatoms. The Balaban J connectivity index is 2.04. The van der Waals surface area contributed by atoms with Crippen molar-refractivity contribution in [2.45, 2.75) is 58.2 Å². The molecule has 106 valence electrons. The second kappa shape index (κ2) is 5.72. The van der Waals surface area contributed by atoms with Crippen LogP contribution in [0.4, 0.5) is 5.69 Å². The number of nitrogens with zero attached hydrogens (tertiary/aromatic N) is 1. The van der Waals surface area contributed by atoms with Gasteiger partial charge in [-0.1, -0.05) is 17.7 Å². The van der Waals surface area contributed by atoms with Crippen LogP contribution in [-0.2, 0) is 6.54 Å². The SMILES string of the molecule is CN(c1ccc(CNC(C)(C)C)cc1Cl)C1CCC1. The van der Waals surface area contributed by atoms with Gasteiger partial charge in [0.15, 0.2) is 0 Å². The van der Waals surface area contributed by atoms with Gasteiger partial charge in [0.05, 0.1) is 10.7 Å². The highest BCUT2D eigenvalue weighted by Gasteiger charge is 2.23. The summed E-state index contributed by atoms with van der Waals surface area (Å²) >= 11 is 6.43. The van der Waals surface area contributed by atoms with E-state index in [-0.39, 0.29) is 5.54 Å². The van der Waals surface area contributed by atoms with Gasteiger partial charge in [0, 0.05) is 25.2 Å². The maximum atomic E-state index is 6.43. The molecule has 0 unspecified atom stereocenters. The van der Waals surface area contributed by atoms with Crippen LogP contribution in [0.3, 0.4) is 0 Å². The van der Waals surface area contributed by atoms with Gasteiger partial charge in [-0.3, -0.25) is 0 Å². The Labute approximate surface area is 122 Å². The molecule has 1 aromatic carbocycles. The lowest BCUT2D eigenvalue weighted by atomic mass is 9.91. The molecule has 0 heterocycles. The zero-order valence-electron chi connectivity index (χ0n) is 12.5. The molecule has 1 N–H and O–H groups in total. The van der Waals surface area contributed by atoms with Crippen LogP contribution in [0.5, 0.6) is 0 Å². The minimum atomic E-state index is 0.133. The first-order chi connectivity index (χ1) is 8.87. The number of rotatable bonds is 4. The van der Waals surface area contributed by atoms with Crippen molar-refractivity contribution in [3.63, 3.8) is 0 Å². The number of nitrogens with one attached hydrogen (secondary N) is 1. The molecule has 1 aliphatic carbocycles. The Morgan fingerprint density at radius 1 is 1.32 bits per heavy atom. The minimum Gasteiger partial charge on any atom is -0.370 e. The van der Waals surface area contributed by atoms with Gasteiger partial charge in [-0.2, -0.15) is 0 Å². The Hall–Kier alpha value is -0.730. The number of hydrogen-bond donors (Lipinski definition) is 1. The molecule has 0 spiro atoms. The molecule has 2 nitrogen and oxygen atoms in total. The molecule has 2 rings (SSSR count). The van der Waals surface area contributed by atoms with Gasteiger partial charge < -0.3 is 10.2 Å². The Kier molecular flexibility index (Phi) is 4.42. The van der Waals surface area contributed by atoms with Crippen LogP contribution in [0.25, 0.3) is 0 Å². The first-order valence-corrected chi connectivity index (χ1v) is 7.51. The van der Waals surface area contributed by atoms with E-state index in [1.165, 1.54) is 24.8 Å². The van der Waals surface area contributed by atoms with Crippen LogP contribution in [0.15, 0.2) is 18.2 Å². The summed E-state index contributed by atoms with van der Waals surface area (Å²) in [6.45, 7) is 7.38. The van der Waals surface area contributed by atoms with Gasteiger partial charge in [0.25, 0.3) is 0 Å². The third kappa shape index (κ3) is 3.87. The van der Waals surface area contributed by atoms with Crippen LogP contribution in [0.1, 0.15) is 45.6 Å². The molecule has 0 radical (unpaired) electrons. The Morgan fingerprint density at radius 2 is 2.00 bits per heavy atom. The summed E-state index contributed by atoms with van der Waals surface area (Å²) in [4.78, 5) is 2.33. The third-order valence-corrected chi connectivity index (χ3v) is 4.14. The largest absolute Gasteiger partial charge is 0.370 e. The summed E-state index contributed by atoms with van der Waals surface area (Å²) in [6, 6.07) is 7.09. The van der Waals surface area contributed by atoms with Crippen LogP contribution in [-0.4, -0.2) is 18.6 Å². The lowest BCUT2D eigenvalue weighted by molar-refractivity contribution is 0.401. The molecule has 1 saturated carbocycles. The zero-order chi connectivity index (χ0) is 14.0. The van der Waals surface area contributed by atoms with Crippen molar-refractivity contribution < 1.29 is 0 Å². The van der Waals surface area contributed by atoms with Crippen LogP contribution < -0.4 is 10.2 Å². The van der Waals surface area contributed by atoms with Crippen molar-refractivity contribution in [1.82, 2.24) is 5.32 Å². The summed E-state index contributed by atoms with van der Waals surface area (Å²) in [5.74, 6) is 0. The maximum Gasteiger partial charge on any atom is 0.0642 e. The van der Waals surface area contributed by atoms with Crippen molar-refractivity contribution in [1.29, 1.82) is 0 Å². The summed E-state index contributed by atoms with van der Waals surface area (Å²) in [5, 5.41) is 4.35. The monoisotopic (exact) mass is 280 g/mol. The molecule has 0 bridgehead atoms. The molecule has 0 aromatic heterocycles. The molecule has 0 atom stereocenters. The normalized spacial score (nSPS) is 16.3. The lowest BCUT2D eigenvalue weighted by Crippen LogP contribution is -2.37. The van der Waals surface area contributed by atoms with E-state index in [1.807, 2.05) is 0 Å². The average molecular weight is 281 g/mol. The maximum absolute atomic E-state index is 6.43. The van der Waals surface area contributed by atoms with Crippen LogP contribution in [0.2, 0.25) is 5.02 Å². The van der Waals surface area contributed by atoms with E-state index in [0.29, 0.717) is 6.04 Å². The highest BCUT2D eigenvalue weighted by Crippen LogP contribution is 2.33. The van der Waals surface area contributed by atoms with Gasteiger partial charge in [-0.05, 0) is 57.7 Å². The second-order valence-electron chi connectivity index (χ2n) is 6.58. The molecular formula is C16H25ClN2. The topological polar surface area (TPSA) is 15.3 Å². The molecular weight excluding hydrogens is 256 g/mol. The predicted octanol–water partition coefficient (Wildman–Crippen LogP) is 4.22. The summed E-state index contributed by atoms with van der Waals surface area (Å²) in [7, 11) is 2.15. The highest BCUT2D eigenvalue weighted by atomic mass is 35.5. The standard InChI is InChI=1S/C16H25ClN2/c1-16(2,3)18-11-12-8-9-15(14(17)10-12)19(4)13-6-5-7-13/h8-10,13,18H,5-7,11H2,1-4H3. The number of anilines is 1. The van der Waals surface area contributed by atoms with Gasteiger partial charge in [-0.25, -0.2) is 0 Å². The molecule has 1 fully saturated rings. The second-order valence-corrected chi connectivity index (χ2v) is 6.99. The summed E-state index contributed by atoms with van der Waals surface area (Å²) in [5.41, 5.74) is 2.53. The molecule has 0 saturated heterocycles. The molecule has 1 aromatic rings. The van der Waals surface area contributed by atoms with Crippen molar-refractivity contribution in [3.05, 3.63) is 28.8 Å². The van der Waals surface area contributed by atoms with Gasteiger partial charge >= 0.3 is 0 Å². The first kappa shape index (κ1) is 14.7. The number of benzene rings is 1. The lowest BCUT2D eigenvalue weighted by Gasteiger charge is -2.37. The number of hydrogen-bond acceptors (Lipinski definition) is 2. The average Bonchev–Trinajstić information content (AvgIpc) is 2.23. The zero-order valence-corrected chi connectivity index (χ0v) is 13.2. The summed E-state index contributed by atoms with van der Waals surface area (Å²) in [6.07, 6.45) is 3.93. The van der Waals surface area contributed by atoms with Crippen molar-refractivity contribution in [2.75, 3.05) is 11.9 Å². The van der Waals surface area contributed by atoms with Crippen LogP contribution in [0, 0.1) is 0 Å². The molecule has 19 heavy (non-hydrogen) atoms. The van der Waals surface area contributed by atoms with E-state index in [4.69, 9.17) is 11.6 Å². The fourth-order valence-corrected chi connectivity index (χ4v) is 2.62. The Bertz CT molecular complexity index is 433. The van der Waals surface area contributed by atoms with E-state index in [9.17, 15) is 0 Å². The van der Waals surface area contributed by atoms with E-state index < -0.39 is 0 Å². The molecule has 0 amide bonds. The van der Waals surface area contributed by atoms with Crippen molar-refractivity contribution in [3.8, 4) is 0 Å². The van der Waals surface area contributed by atoms with Gasteiger partial charge in [0.1, 0.15) is 0 Å². The molecule has 1 aliphatic rings. The fraction of sp³-hybridized carbons (Fsp3) is 0.625. The van der Waals surface area contributed by atoms with Gasteiger partial charge in [0.2, 0.25) is 0 Å². The van der Waals surface area contributed by atoms with E-state index >= 15 is 0 Å². The fourth-order valence-electron chi connectivity index (χ4n) is 2.28. The first-order valence-electron chi connectivity index (χ1n) is 7.13. The van der Waals surface area contributed by atoms with E-state index in [0.717, 1.165) is 17.3 Å². The van der Waals surface area contributed by atoms with E-state index in [2.05, 4.69) is 56.2 Å². The van der Waals surface area contributed by atoms with Crippen LogP contribution >= 0.6 is 11.6 Å². The smallest absolute Gasteiger partial charge is 0.0642 e. The highest BCUT2D eigenvalue weighted by molar-refractivity contribution is 6.33. The summed E-state index contributed by atoms with van der Waals surface area (Å²) < 4.78 is 0. The Morgan fingerprint density at radius 3 is 2.47 bits per heavy atom. The third-order valence-electron chi connectivity index (χ3n) is 3.84. The quantitative estimate of drug-likeness (QED) is 0.888. The minimum absolute atomic E-state index is 0.133.